The molecular formula is C19H25BrN2O2. The second kappa shape index (κ2) is 7.68. The lowest BCUT2D eigenvalue weighted by molar-refractivity contribution is -0.125. The number of nitrogens with one attached hydrogen (secondary N) is 2. The highest BCUT2D eigenvalue weighted by Crippen LogP contribution is 2.40. The average Bonchev–Trinajstić information content (AvgIpc) is 3.34. The average molecular weight is 393 g/mol. The monoisotopic (exact) mass is 392 g/mol. The van der Waals surface area contributed by atoms with Crippen molar-refractivity contribution in [1.29, 1.82) is 0 Å². The number of aryl methyl sites for hydroxylation is 1. The van der Waals surface area contributed by atoms with Gasteiger partial charge < -0.3 is 10.6 Å². The number of hydrogen-bond donors (Lipinski definition) is 2. The molecule has 0 aliphatic heterocycles. The van der Waals surface area contributed by atoms with Gasteiger partial charge in [-0.1, -0.05) is 31.7 Å². The Kier molecular flexibility index (Phi) is 5.59. The molecule has 2 N–H and O–H groups in total. The number of anilines is 1. The van der Waals surface area contributed by atoms with Crippen molar-refractivity contribution in [2.75, 3.05) is 5.32 Å². The Morgan fingerprint density at radius 1 is 1.04 bits per heavy atom. The number of halogens is 1. The summed E-state index contributed by atoms with van der Waals surface area (Å²) < 4.78 is 0.871. The van der Waals surface area contributed by atoms with Gasteiger partial charge >= 0.3 is 0 Å². The van der Waals surface area contributed by atoms with Crippen LogP contribution in [0.2, 0.25) is 0 Å². The van der Waals surface area contributed by atoms with Crippen LogP contribution in [0.25, 0.3) is 0 Å². The first-order valence-electron chi connectivity index (χ1n) is 8.92. The highest BCUT2D eigenvalue weighted by atomic mass is 79.9. The molecule has 2 fully saturated rings. The van der Waals surface area contributed by atoms with Crippen LogP contribution in [-0.4, -0.2) is 17.9 Å². The molecule has 0 bridgehead atoms. The van der Waals surface area contributed by atoms with Crippen LogP contribution in [-0.2, 0) is 9.59 Å². The summed E-state index contributed by atoms with van der Waals surface area (Å²) in [5.74, 6) is -0.341. The van der Waals surface area contributed by atoms with Crippen LogP contribution in [0.1, 0.15) is 50.5 Å². The van der Waals surface area contributed by atoms with E-state index in [-0.39, 0.29) is 23.7 Å². The Hall–Kier alpha value is -1.36. The van der Waals surface area contributed by atoms with E-state index in [1.165, 1.54) is 25.7 Å². The highest BCUT2D eigenvalue weighted by Gasteiger charge is 2.48. The molecule has 2 amide bonds. The van der Waals surface area contributed by atoms with Crippen LogP contribution in [0, 0.1) is 18.8 Å². The summed E-state index contributed by atoms with van der Waals surface area (Å²) in [4.78, 5) is 24.7. The van der Waals surface area contributed by atoms with E-state index in [1.54, 1.807) is 0 Å². The summed E-state index contributed by atoms with van der Waals surface area (Å²) in [6.45, 7) is 2.01. The first-order chi connectivity index (χ1) is 11.5. The predicted octanol–water partition coefficient (Wildman–Crippen LogP) is 4.17. The van der Waals surface area contributed by atoms with E-state index >= 15 is 0 Å². The van der Waals surface area contributed by atoms with Gasteiger partial charge in [0, 0.05) is 10.5 Å². The fourth-order valence-electron chi connectivity index (χ4n) is 3.45. The third-order valence-corrected chi connectivity index (χ3v) is 5.70. The van der Waals surface area contributed by atoms with Crippen LogP contribution in [0.3, 0.4) is 0 Å². The number of carbonyl (C=O) groups is 2. The lowest BCUT2D eigenvalue weighted by atomic mass is 10.1. The standard InChI is InChI=1S/C19H25BrN2O2/c1-12-8-9-17(16(20)10-12)22-19(24)15-11-14(15)18(23)21-13-6-4-2-3-5-7-13/h8-10,13-15H,2-7,11H2,1H3,(H,21,23)(H,22,24). The van der Waals surface area contributed by atoms with Crippen LogP contribution in [0.4, 0.5) is 5.69 Å². The van der Waals surface area contributed by atoms with Gasteiger partial charge in [-0.3, -0.25) is 9.59 Å². The molecule has 2 saturated carbocycles. The zero-order valence-corrected chi connectivity index (χ0v) is 15.7. The third kappa shape index (κ3) is 4.38. The normalized spacial score (nSPS) is 24.1. The van der Waals surface area contributed by atoms with Crippen LogP contribution in [0.5, 0.6) is 0 Å². The molecule has 4 nitrogen and oxygen atoms in total. The first kappa shape index (κ1) is 17.5. The van der Waals surface area contributed by atoms with E-state index in [2.05, 4.69) is 26.6 Å². The van der Waals surface area contributed by atoms with Crippen LogP contribution in [0.15, 0.2) is 22.7 Å². The Morgan fingerprint density at radius 2 is 1.71 bits per heavy atom. The van der Waals surface area contributed by atoms with Crippen molar-refractivity contribution < 1.29 is 9.59 Å². The molecule has 0 radical (unpaired) electrons. The maximum atomic E-state index is 12.4. The van der Waals surface area contributed by atoms with E-state index in [1.807, 2.05) is 25.1 Å². The van der Waals surface area contributed by atoms with E-state index in [0.717, 1.165) is 28.6 Å². The maximum absolute atomic E-state index is 12.4. The summed E-state index contributed by atoms with van der Waals surface area (Å²) in [5.41, 5.74) is 1.90. The Bertz CT molecular complexity index is 624. The van der Waals surface area contributed by atoms with Crippen molar-refractivity contribution in [3.8, 4) is 0 Å². The van der Waals surface area contributed by atoms with Crippen LogP contribution >= 0.6 is 15.9 Å². The fourth-order valence-corrected chi connectivity index (χ4v) is 4.05. The molecule has 2 aliphatic carbocycles. The summed E-state index contributed by atoms with van der Waals surface area (Å²) in [6, 6.07) is 6.12. The molecular weight excluding hydrogens is 368 g/mol. The fraction of sp³-hybridized carbons (Fsp3) is 0.579. The largest absolute Gasteiger partial charge is 0.353 e. The number of amides is 2. The Balaban J connectivity index is 1.50. The third-order valence-electron chi connectivity index (χ3n) is 5.05. The summed E-state index contributed by atoms with van der Waals surface area (Å²) in [7, 11) is 0. The molecule has 5 heteroatoms. The Morgan fingerprint density at radius 3 is 2.38 bits per heavy atom. The second-order valence-corrected chi connectivity index (χ2v) is 7.97. The van der Waals surface area contributed by atoms with Crippen molar-refractivity contribution in [3.63, 3.8) is 0 Å². The highest BCUT2D eigenvalue weighted by molar-refractivity contribution is 9.10. The van der Waals surface area contributed by atoms with E-state index < -0.39 is 0 Å². The number of carbonyl (C=O) groups excluding carboxylic acids is 2. The molecule has 2 unspecified atom stereocenters. The molecule has 0 aromatic heterocycles. The van der Waals surface area contributed by atoms with Gasteiger partial charge in [-0.2, -0.15) is 0 Å². The van der Waals surface area contributed by atoms with Crippen molar-refractivity contribution in [1.82, 2.24) is 5.32 Å². The zero-order valence-electron chi connectivity index (χ0n) is 14.1. The molecule has 24 heavy (non-hydrogen) atoms. The molecule has 2 aliphatic rings. The van der Waals surface area contributed by atoms with Crippen molar-refractivity contribution in [3.05, 3.63) is 28.2 Å². The first-order valence-corrected chi connectivity index (χ1v) is 9.71. The molecule has 3 rings (SSSR count). The summed E-state index contributed by atoms with van der Waals surface area (Å²) >= 11 is 3.47. The quantitative estimate of drug-likeness (QED) is 0.755. The number of hydrogen-bond acceptors (Lipinski definition) is 2. The SMILES string of the molecule is Cc1ccc(NC(=O)C2CC2C(=O)NC2CCCCCC2)c(Br)c1. The predicted molar refractivity (Wildman–Crippen MR) is 98.7 cm³/mol. The maximum Gasteiger partial charge on any atom is 0.228 e. The van der Waals surface area contributed by atoms with Gasteiger partial charge in [0.05, 0.1) is 17.5 Å². The van der Waals surface area contributed by atoms with Gasteiger partial charge in [0.25, 0.3) is 0 Å². The zero-order chi connectivity index (χ0) is 17.1. The number of rotatable bonds is 4. The topological polar surface area (TPSA) is 58.2 Å². The van der Waals surface area contributed by atoms with Crippen molar-refractivity contribution in [2.24, 2.45) is 11.8 Å². The smallest absolute Gasteiger partial charge is 0.228 e. The number of benzene rings is 1. The van der Waals surface area contributed by atoms with Gasteiger partial charge in [-0.15, -0.1) is 0 Å². The van der Waals surface area contributed by atoms with Gasteiger partial charge in [0.15, 0.2) is 0 Å². The van der Waals surface area contributed by atoms with E-state index in [0.29, 0.717) is 12.5 Å². The van der Waals surface area contributed by atoms with Gasteiger partial charge in [0.1, 0.15) is 0 Å². The van der Waals surface area contributed by atoms with Gasteiger partial charge in [-0.05, 0) is 59.8 Å². The lowest BCUT2D eigenvalue weighted by Gasteiger charge is -2.16. The molecule has 0 spiro atoms. The van der Waals surface area contributed by atoms with E-state index in [4.69, 9.17) is 0 Å². The Labute approximate surface area is 151 Å². The lowest BCUT2D eigenvalue weighted by Crippen LogP contribution is -2.36. The van der Waals surface area contributed by atoms with Crippen molar-refractivity contribution in [2.45, 2.75) is 57.9 Å². The molecule has 0 saturated heterocycles. The van der Waals surface area contributed by atoms with Crippen LogP contribution < -0.4 is 10.6 Å². The molecule has 1 aromatic rings. The minimum Gasteiger partial charge on any atom is -0.353 e. The van der Waals surface area contributed by atoms with Gasteiger partial charge in [0.2, 0.25) is 11.8 Å². The second-order valence-electron chi connectivity index (χ2n) is 7.12. The summed E-state index contributed by atoms with van der Waals surface area (Å²) in [5, 5.41) is 6.09. The summed E-state index contributed by atoms with van der Waals surface area (Å²) in [6.07, 6.45) is 7.74. The van der Waals surface area contributed by atoms with Gasteiger partial charge in [-0.25, -0.2) is 0 Å². The molecule has 1 aromatic carbocycles. The van der Waals surface area contributed by atoms with Crippen molar-refractivity contribution >= 4 is 33.4 Å². The molecule has 0 heterocycles. The minimum atomic E-state index is -0.191. The molecule has 130 valence electrons. The van der Waals surface area contributed by atoms with E-state index in [9.17, 15) is 9.59 Å². The minimum absolute atomic E-state index is 0.0550. The molecule has 2 atom stereocenters.